The SMILES string of the molecule is CC(CC=O)N(C(=O)OC(C)(C)C)c1cccc(O)c1. The van der Waals surface area contributed by atoms with Gasteiger partial charge < -0.3 is 14.6 Å². The molecule has 20 heavy (non-hydrogen) atoms. The molecule has 0 aliphatic heterocycles. The first-order valence-corrected chi connectivity index (χ1v) is 6.49. The fraction of sp³-hybridized carbons (Fsp3) is 0.467. The lowest BCUT2D eigenvalue weighted by molar-refractivity contribution is -0.108. The van der Waals surface area contributed by atoms with E-state index in [1.807, 2.05) is 0 Å². The number of rotatable bonds is 4. The highest BCUT2D eigenvalue weighted by Gasteiger charge is 2.27. The Balaban J connectivity index is 3.08. The molecule has 1 aromatic rings. The predicted octanol–water partition coefficient (Wildman–Crippen LogP) is 3.11. The van der Waals surface area contributed by atoms with E-state index in [0.717, 1.165) is 6.29 Å². The minimum absolute atomic E-state index is 0.0503. The van der Waals surface area contributed by atoms with E-state index in [9.17, 15) is 14.7 Å². The zero-order valence-corrected chi connectivity index (χ0v) is 12.3. The van der Waals surface area contributed by atoms with E-state index in [1.54, 1.807) is 39.8 Å². The van der Waals surface area contributed by atoms with Crippen molar-refractivity contribution < 1.29 is 19.4 Å². The van der Waals surface area contributed by atoms with E-state index in [2.05, 4.69) is 0 Å². The highest BCUT2D eigenvalue weighted by molar-refractivity contribution is 5.89. The number of aldehydes is 1. The Morgan fingerprint density at radius 3 is 2.60 bits per heavy atom. The third-order valence-electron chi connectivity index (χ3n) is 2.58. The summed E-state index contributed by atoms with van der Waals surface area (Å²) in [5, 5.41) is 9.54. The maximum absolute atomic E-state index is 12.3. The lowest BCUT2D eigenvalue weighted by Crippen LogP contribution is -2.42. The summed E-state index contributed by atoms with van der Waals surface area (Å²) in [5.41, 5.74) is -0.138. The van der Waals surface area contributed by atoms with Crippen molar-refractivity contribution in [2.75, 3.05) is 4.90 Å². The molecule has 1 N–H and O–H groups in total. The smallest absolute Gasteiger partial charge is 0.415 e. The van der Waals surface area contributed by atoms with Gasteiger partial charge in [0.2, 0.25) is 0 Å². The number of ether oxygens (including phenoxy) is 1. The van der Waals surface area contributed by atoms with E-state index < -0.39 is 11.7 Å². The summed E-state index contributed by atoms with van der Waals surface area (Å²) in [6.45, 7) is 7.07. The third-order valence-corrected chi connectivity index (χ3v) is 2.58. The van der Waals surface area contributed by atoms with Gasteiger partial charge in [-0.2, -0.15) is 0 Å². The molecule has 1 rings (SSSR count). The van der Waals surface area contributed by atoms with Crippen LogP contribution in [-0.2, 0) is 9.53 Å². The van der Waals surface area contributed by atoms with Crippen LogP contribution in [0, 0.1) is 0 Å². The molecule has 1 aromatic carbocycles. The first-order valence-electron chi connectivity index (χ1n) is 6.49. The largest absolute Gasteiger partial charge is 0.508 e. The van der Waals surface area contributed by atoms with Crippen molar-refractivity contribution in [1.29, 1.82) is 0 Å². The van der Waals surface area contributed by atoms with E-state index in [1.165, 1.54) is 17.0 Å². The molecule has 0 saturated carbocycles. The van der Waals surface area contributed by atoms with Crippen molar-refractivity contribution in [3.8, 4) is 5.75 Å². The lowest BCUT2D eigenvalue weighted by Gasteiger charge is -2.31. The molecule has 0 saturated heterocycles. The number of anilines is 1. The van der Waals surface area contributed by atoms with Crippen molar-refractivity contribution >= 4 is 18.1 Å². The van der Waals surface area contributed by atoms with Gasteiger partial charge in [-0.15, -0.1) is 0 Å². The molecule has 0 heterocycles. The molecule has 0 fully saturated rings. The molecule has 0 aromatic heterocycles. The number of phenols is 1. The molecule has 0 spiro atoms. The molecule has 0 aliphatic rings. The van der Waals surface area contributed by atoms with Crippen molar-refractivity contribution in [2.45, 2.75) is 45.8 Å². The number of carbonyl (C=O) groups excluding carboxylic acids is 2. The number of phenolic OH excluding ortho intramolecular Hbond substituents is 1. The van der Waals surface area contributed by atoms with Gasteiger partial charge in [-0.25, -0.2) is 4.79 Å². The molecule has 0 radical (unpaired) electrons. The van der Waals surface area contributed by atoms with Crippen LogP contribution in [0.15, 0.2) is 24.3 Å². The number of hydrogen-bond donors (Lipinski definition) is 1. The zero-order valence-electron chi connectivity index (χ0n) is 12.3. The van der Waals surface area contributed by atoms with Crippen LogP contribution in [0.25, 0.3) is 0 Å². The quantitative estimate of drug-likeness (QED) is 0.860. The summed E-state index contributed by atoms with van der Waals surface area (Å²) in [6.07, 6.45) is 0.400. The standard InChI is InChI=1S/C15H21NO4/c1-11(8-9-17)16(14(19)20-15(2,3)4)12-6-5-7-13(18)10-12/h5-7,9-11,18H,8H2,1-4H3. The first kappa shape index (κ1) is 16.0. The van der Waals surface area contributed by atoms with E-state index in [0.29, 0.717) is 5.69 Å². The molecule has 1 unspecified atom stereocenters. The normalized spacial score (nSPS) is 12.6. The van der Waals surface area contributed by atoms with Gasteiger partial charge in [-0.3, -0.25) is 4.90 Å². The second-order valence-electron chi connectivity index (χ2n) is 5.62. The lowest BCUT2D eigenvalue weighted by atomic mass is 10.1. The van der Waals surface area contributed by atoms with Gasteiger partial charge in [0.1, 0.15) is 17.6 Å². The molecule has 1 amide bonds. The minimum atomic E-state index is -0.632. The number of carbonyl (C=O) groups is 2. The maximum Gasteiger partial charge on any atom is 0.415 e. The highest BCUT2D eigenvalue weighted by Crippen LogP contribution is 2.25. The van der Waals surface area contributed by atoms with Gasteiger partial charge in [-0.1, -0.05) is 6.07 Å². The number of nitrogens with zero attached hydrogens (tertiary/aromatic N) is 1. The summed E-state index contributed by atoms with van der Waals surface area (Å²) in [7, 11) is 0. The monoisotopic (exact) mass is 279 g/mol. The maximum atomic E-state index is 12.3. The van der Waals surface area contributed by atoms with E-state index in [4.69, 9.17) is 4.74 Å². The van der Waals surface area contributed by atoms with Crippen LogP contribution in [0.2, 0.25) is 0 Å². The van der Waals surface area contributed by atoms with Crippen LogP contribution in [0.1, 0.15) is 34.1 Å². The van der Waals surface area contributed by atoms with E-state index in [-0.39, 0.29) is 18.2 Å². The van der Waals surface area contributed by atoms with Gasteiger partial charge in [0, 0.05) is 18.5 Å². The fourth-order valence-corrected chi connectivity index (χ4v) is 1.74. The zero-order chi connectivity index (χ0) is 15.3. The van der Waals surface area contributed by atoms with Gasteiger partial charge >= 0.3 is 6.09 Å². The van der Waals surface area contributed by atoms with Crippen molar-refractivity contribution in [3.63, 3.8) is 0 Å². The summed E-state index contributed by atoms with van der Waals surface area (Å²) in [6, 6.07) is 5.94. The molecule has 1 atom stereocenters. The molecule has 5 nitrogen and oxygen atoms in total. The fourth-order valence-electron chi connectivity index (χ4n) is 1.74. The Morgan fingerprint density at radius 2 is 2.10 bits per heavy atom. The number of hydrogen-bond acceptors (Lipinski definition) is 4. The molecule has 110 valence electrons. The highest BCUT2D eigenvalue weighted by atomic mass is 16.6. The molecule has 0 bridgehead atoms. The molecular formula is C15H21NO4. The Kier molecular flexibility index (Phi) is 5.13. The van der Waals surface area contributed by atoms with Crippen molar-refractivity contribution in [1.82, 2.24) is 0 Å². The van der Waals surface area contributed by atoms with Crippen molar-refractivity contribution in [2.24, 2.45) is 0 Å². The number of aromatic hydroxyl groups is 1. The first-order chi connectivity index (χ1) is 9.24. The predicted molar refractivity (Wildman–Crippen MR) is 77.0 cm³/mol. The van der Waals surface area contributed by atoms with Gasteiger partial charge in [-0.05, 0) is 39.8 Å². The average molecular weight is 279 g/mol. The number of amides is 1. The van der Waals surface area contributed by atoms with Gasteiger partial charge in [0.15, 0.2) is 0 Å². The topological polar surface area (TPSA) is 66.8 Å². The summed E-state index contributed by atoms with van der Waals surface area (Å²) in [5.74, 6) is 0.0503. The summed E-state index contributed by atoms with van der Waals surface area (Å²) >= 11 is 0. The van der Waals surface area contributed by atoms with Crippen molar-refractivity contribution in [3.05, 3.63) is 24.3 Å². The van der Waals surface area contributed by atoms with Crippen LogP contribution in [0.4, 0.5) is 10.5 Å². The summed E-state index contributed by atoms with van der Waals surface area (Å²) in [4.78, 5) is 24.4. The average Bonchev–Trinajstić information content (AvgIpc) is 2.26. The Bertz CT molecular complexity index is 479. The molecule has 5 heteroatoms. The van der Waals surface area contributed by atoms with Crippen LogP contribution in [0.5, 0.6) is 5.75 Å². The third kappa shape index (κ3) is 4.57. The Labute approximate surface area is 119 Å². The number of benzene rings is 1. The van der Waals surface area contributed by atoms with Crippen LogP contribution < -0.4 is 4.90 Å². The van der Waals surface area contributed by atoms with E-state index >= 15 is 0 Å². The van der Waals surface area contributed by atoms with Gasteiger partial charge in [0.25, 0.3) is 0 Å². The molecular weight excluding hydrogens is 258 g/mol. The van der Waals surface area contributed by atoms with Crippen LogP contribution in [-0.4, -0.2) is 29.1 Å². The second-order valence-corrected chi connectivity index (χ2v) is 5.62. The van der Waals surface area contributed by atoms with Crippen LogP contribution >= 0.6 is 0 Å². The second kappa shape index (κ2) is 6.41. The minimum Gasteiger partial charge on any atom is -0.508 e. The Morgan fingerprint density at radius 1 is 1.45 bits per heavy atom. The Hall–Kier alpha value is -2.04. The molecule has 0 aliphatic carbocycles. The van der Waals surface area contributed by atoms with Crippen LogP contribution in [0.3, 0.4) is 0 Å². The van der Waals surface area contributed by atoms with Gasteiger partial charge in [0.05, 0.1) is 5.69 Å². The summed E-state index contributed by atoms with van der Waals surface area (Å²) < 4.78 is 5.35.